The summed E-state index contributed by atoms with van der Waals surface area (Å²) in [6, 6.07) is 5.82. The molecule has 0 aliphatic heterocycles. The quantitative estimate of drug-likeness (QED) is 0.264. The van der Waals surface area contributed by atoms with Gasteiger partial charge in [-0.3, -0.25) is 0 Å². The van der Waals surface area contributed by atoms with Gasteiger partial charge >= 0.3 is 143 Å². The van der Waals surface area contributed by atoms with Gasteiger partial charge in [0.1, 0.15) is 0 Å². The van der Waals surface area contributed by atoms with Crippen LogP contribution in [0.2, 0.25) is 0 Å². The van der Waals surface area contributed by atoms with E-state index in [4.69, 9.17) is 14.2 Å². The molecule has 3 rings (SSSR count). The summed E-state index contributed by atoms with van der Waals surface area (Å²) in [5, 5.41) is 0. The van der Waals surface area contributed by atoms with E-state index in [-0.39, 0.29) is 5.97 Å². The number of esters is 1. The van der Waals surface area contributed by atoms with Crippen molar-refractivity contribution in [2.24, 2.45) is 5.41 Å². The van der Waals surface area contributed by atoms with Gasteiger partial charge in [-0.05, 0) is 19.3 Å². The molecule has 1 saturated carbocycles. The molecule has 4 nitrogen and oxygen atoms in total. The second-order valence-corrected chi connectivity index (χ2v) is 8.36. The Morgan fingerprint density at radius 3 is 2.62 bits per heavy atom. The first-order valence-electron chi connectivity index (χ1n) is 10.9. The van der Waals surface area contributed by atoms with Crippen molar-refractivity contribution in [2.45, 2.75) is 71.6 Å². The first-order valence-corrected chi connectivity index (χ1v) is 10.9. The van der Waals surface area contributed by atoms with Gasteiger partial charge in [0.25, 0.3) is 0 Å². The SMILES string of the molecule is B=C(CCc1ccc(OCC2=CC3(CCCC3)CCC2)c(OC(C)=O)c1)OCC. The summed E-state index contributed by atoms with van der Waals surface area (Å²) >= 11 is 0. The molecule has 0 radical (unpaired) electrons. The molecule has 0 aromatic heterocycles. The van der Waals surface area contributed by atoms with E-state index >= 15 is 0 Å². The maximum atomic E-state index is 11.6. The predicted octanol–water partition coefficient (Wildman–Crippen LogP) is 4.66. The average molecular weight is 396 g/mol. The van der Waals surface area contributed by atoms with Crippen LogP contribution in [-0.2, 0) is 16.0 Å². The van der Waals surface area contributed by atoms with Gasteiger partial charge in [0.05, 0.1) is 0 Å². The Kier molecular flexibility index (Phi) is 7.57. The van der Waals surface area contributed by atoms with E-state index in [1.807, 2.05) is 25.1 Å². The number of allylic oxidation sites excluding steroid dienone is 1. The van der Waals surface area contributed by atoms with Crippen molar-refractivity contribution in [1.29, 1.82) is 0 Å². The van der Waals surface area contributed by atoms with Gasteiger partial charge in [0, 0.05) is 0 Å². The van der Waals surface area contributed by atoms with Gasteiger partial charge in [0.2, 0.25) is 0 Å². The molecule has 0 saturated heterocycles. The first-order chi connectivity index (χ1) is 14.0. The molecule has 5 heteroatoms. The zero-order chi connectivity index (χ0) is 20.7. The molecule has 0 heterocycles. The van der Waals surface area contributed by atoms with Gasteiger partial charge < -0.3 is 0 Å². The molecule has 0 atom stereocenters. The molecule has 1 fully saturated rings. The second kappa shape index (κ2) is 10.1. The Hall–Kier alpha value is -2.04. The van der Waals surface area contributed by atoms with Crippen LogP contribution in [0.5, 0.6) is 11.5 Å². The first kappa shape index (κ1) is 21.7. The van der Waals surface area contributed by atoms with Crippen molar-refractivity contribution < 1.29 is 19.0 Å². The number of aryl methyl sites for hydroxylation is 1. The number of rotatable bonds is 9. The number of benzene rings is 1. The van der Waals surface area contributed by atoms with Crippen LogP contribution < -0.4 is 9.47 Å². The molecule has 156 valence electrons. The predicted molar refractivity (Wildman–Crippen MR) is 118 cm³/mol. The number of hydrogen-bond donors (Lipinski definition) is 0. The molecule has 0 amide bonds. The van der Waals surface area contributed by atoms with Crippen LogP contribution in [0.15, 0.2) is 29.8 Å². The van der Waals surface area contributed by atoms with Crippen LogP contribution in [0, 0.1) is 5.41 Å². The summed E-state index contributed by atoms with van der Waals surface area (Å²) < 4.78 is 17.0. The molecule has 0 unspecified atom stereocenters. The standard InChI is InChI=1S/C24H33BO4/c1-3-27-23(25)11-9-19-8-10-21(22(15-19)29-18(2)26)28-17-20-7-6-14-24(16-20)12-4-5-13-24/h8,10,15-16,25H,3-7,9,11-14,17H2,1-2H3. The van der Waals surface area contributed by atoms with Crippen LogP contribution in [0.4, 0.5) is 0 Å². The molecule has 2 aliphatic carbocycles. The van der Waals surface area contributed by atoms with Crippen molar-refractivity contribution in [3.63, 3.8) is 0 Å². The number of carbonyl (C=O) groups is 1. The summed E-state index contributed by atoms with van der Waals surface area (Å²) in [5.74, 6) is 0.774. The molecular formula is C24H33BO4. The van der Waals surface area contributed by atoms with E-state index in [0.29, 0.717) is 30.1 Å². The van der Waals surface area contributed by atoms with E-state index in [2.05, 4.69) is 13.6 Å². The fraction of sp³-hybridized carbons (Fsp3) is 0.583. The van der Waals surface area contributed by atoms with Gasteiger partial charge in [-0.1, -0.05) is 12.8 Å². The Morgan fingerprint density at radius 2 is 1.90 bits per heavy atom. The van der Waals surface area contributed by atoms with Crippen molar-refractivity contribution in [2.75, 3.05) is 13.2 Å². The van der Waals surface area contributed by atoms with Crippen molar-refractivity contribution in [3.8, 4) is 11.5 Å². The van der Waals surface area contributed by atoms with E-state index in [1.165, 1.54) is 51.0 Å². The minimum absolute atomic E-state index is 0.340. The molecule has 0 bridgehead atoms. The van der Waals surface area contributed by atoms with Crippen molar-refractivity contribution >= 4 is 19.1 Å². The molecular weight excluding hydrogens is 363 g/mol. The van der Waals surface area contributed by atoms with Crippen LogP contribution in [0.1, 0.15) is 70.8 Å². The van der Waals surface area contributed by atoms with E-state index in [9.17, 15) is 4.79 Å². The van der Waals surface area contributed by atoms with E-state index in [1.54, 1.807) is 0 Å². The average Bonchev–Trinajstić information content (AvgIpc) is 3.13. The third-order valence-electron chi connectivity index (χ3n) is 6.00. The third-order valence-corrected chi connectivity index (χ3v) is 6.00. The van der Waals surface area contributed by atoms with Crippen LogP contribution in [0.3, 0.4) is 0 Å². The molecule has 1 aromatic rings. The summed E-state index contributed by atoms with van der Waals surface area (Å²) in [5.41, 5.74) is 3.63. The fourth-order valence-electron chi connectivity index (χ4n) is 4.62. The van der Waals surface area contributed by atoms with E-state index < -0.39 is 0 Å². The number of carbonyl (C=O) groups excluding carboxylic acids is 1. The summed E-state index contributed by atoms with van der Waals surface area (Å²) in [6.07, 6.45) is 13.0. The van der Waals surface area contributed by atoms with Gasteiger partial charge in [-0.15, -0.1) is 0 Å². The number of hydrogen-bond acceptors (Lipinski definition) is 4. The minimum atomic E-state index is -0.340. The topological polar surface area (TPSA) is 44.8 Å². The van der Waals surface area contributed by atoms with Gasteiger partial charge in [-0.2, -0.15) is 0 Å². The molecule has 1 spiro atoms. The third kappa shape index (κ3) is 6.22. The summed E-state index contributed by atoms with van der Waals surface area (Å²) in [6.45, 7) is 4.56. The van der Waals surface area contributed by atoms with Crippen LogP contribution in [0.25, 0.3) is 0 Å². The van der Waals surface area contributed by atoms with Crippen LogP contribution in [-0.4, -0.2) is 32.3 Å². The van der Waals surface area contributed by atoms with Gasteiger partial charge in [0.15, 0.2) is 0 Å². The Balaban J connectivity index is 1.66. The normalized spacial score (nSPS) is 17.6. The second-order valence-electron chi connectivity index (χ2n) is 8.36. The summed E-state index contributed by atoms with van der Waals surface area (Å²) in [7, 11) is 3.92. The van der Waals surface area contributed by atoms with Crippen molar-refractivity contribution in [1.82, 2.24) is 0 Å². The summed E-state index contributed by atoms with van der Waals surface area (Å²) in [4.78, 5) is 11.6. The number of ether oxygens (including phenoxy) is 3. The molecule has 0 N–H and O–H groups in total. The van der Waals surface area contributed by atoms with Crippen molar-refractivity contribution in [3.05, 3.63) is 35.4 Å². The van der Waals surface area contributed by atoms with Gasteiger partial charge in [-0.25, -0.2) is 0 Å². The monoisotopic (exact) mass is 396 g/mol. The Morgan fingerprint density at radius 1 is 1.14 bits per heavy atom. The zero-order valence-electron chi connectivity index (χ0n) is 17.9. The Labute approximate surface area is 175 Å². The molecule has 2 aliphatic rings. The zero-order valence-corrected chi connectivity index (χ0v) is 17.9. The Bertz CT molecular complexity index is 762. The van der Waals surface area contributed by atoms with E-state index in [0.717, 1.165) is 30.5 Å². The fourth-order valence-corrected chi connectivity index (χ4v) is 4.62. The molecule has 29 heavy (non-hydrogen) atoms. The van der Waals surface area contributed by atoms with Crippen LogP contribution >= 0.6 is 0 Å². The maximum absolute atomic E-state index is 11.6. The molecule has 1 aromatic carbocycles.